The first-order valence-corrected chi connectivity index (χ1v) is 7.13. The van der Waals surface area contributed by atoms with Crippen LogP contribution in [0.15, 0.2) is 18.2 Å². The zero-order valence-electron chi connectivity index (χ0n) is 12.5. The number of amides is 1. The molecule has 5 heteroatoms. The molecule has 114 valence electrons. The van der Waals surface area contributed by atoms with E-state index in [1.807, 2.05) is 32.0 Å². The number of nitrogens with zero attached hydrogens (tertiary/aromatic N) is 1. The lowest BCUT2D eigenvalue weighted by Crippen LogP contribution is -2.46. The third kappa shape index (κ3) is 4.29. The molecule has 1 atom stereocenters. The Balaban J connectivity index is 1.99. The summed E-state index contributed by atoms with van der Waals surface area (Å²) in [4.78, 5) is 24.8. The first kappa shape index (κ1) is 15.5. The van der Waals surface area contributed by atoms with Crippen LogP contribution in [0.1, 0.15) is 23.1 Å². The van der Waals surface area contributed by atoms with E-state index in [1.165, 1.54) is 0 Å². The summed E-state index contributed by atoms with van der Waals surface area (Å²) in [6.45, 7) is 5.28. The van der Waals surface area contributed by atoms with Gasteiger partial charge in [-0.3, -0.25) is 9.59 Å². The van der Waals surface area contributed by atoms with E-state index in [2.05, 4.69) is 0 Å². The molecule has 0 saturated carbocycles. The number of aliphatic carboxylic acids is 1. The molecule has 0 radical (unpaired) electrons. The van der Waals surface area contributed by atoms with Gasteiger partial charge in [-0.15, -0.1) is 0 Å². The van der Waals surface area contributed by atoms with Crippen LogP contribution in [-0.2, 0) is 20.7 Å². The van der Waals surface area contributed by atoms with Crippen LogP contribution < -0.4 is 0 Å². The highest BCUT2D eigenvalue weighted by Gasteiger charge is 2.26. The minimum atomic E-state index is -0.899. The fourth-order valence-electron chi connectivity index (χ4n) is 2.53. The minimum absolute atomic E-state index is 0.0300. The lowest BCUT2D eigenvalue weighted by Gasteiger charge is -2.32. The second kappa shape index (κ2) is 6.72. The molecule has 1 amide bonds. The largest absolute Gasteiger partial charge is 0.481 e. The summed E-state index contributed by atoms with van der Waals surface area (Å²) in [5, 5.41) is 8.81. The monoisotopic (exact) mass is 291 g/mol. The van der Waals surface area contributed by atoms with Crippen LogP contribution in [0.4, 0.5) is 0 Å². The Morgan fingerprint density at radius 1 is 1.38 bits per heavy atom. The van der Waals surface area contributed by atoms with E-state index in [-0.39, 0.29) is 12.3 Å². The molecule has 1 aromatic carbocycles. The molecule has 1 aliphatic heterocycles. The third-order valence-electron chi connectivity index (χ3n) is 3.74. The van der Waals surface area contributed by atoms with Crippen LogP contribution in [-0.4, -0.2) is 47.7 Å². The number of carboxylic acids is 1. The lowest BCUT2D eigenvalue weighted by atomic mass is 10.0. The second-order valence-electron chi connectivity index (χ2n) is 5.54. The normalized spacial score (nSPS) is 18.6. The van der Waals surface area contributed by atoms with Crippen LogP contribution >= 0.6 is 0 Å². The lowest BCUT2D eigenvalue weighted by molar-refractivity contribution is -0.147. The molecule has 2 rings (SSSR count). The van der Waals surface area contributed by atoms with Gasteiger partial charge in [0.05, 0.1) is 25.6 Å². The van der Waals surface area contributed by atoms with Crippen molar-refractivity contribution in [1.82, 2.24) is 4.90 Å². The number of benzene rings is 1. The standard InChI is InChI=1S/C16H21NO4/c1-11-3-4-12(2)13(7-11)8-15(18)17-5-6-21-14(10-17)9-16(19)20/h3-4,7,14H,5-6,8-10H2,1-2H3,(H,19,20). The van der Waals surface area contributed by atoms with Crippen molar-refractivity contribution in [3.05, 3.63) is 34.9 Å². The molecule has 1 unspecified atom stereocenters. The number of carboxylic acid groups (broad SMARTS) is 1. The molecule has 1 saturated heterocycles. The fourth-order valence-corrected chi connectivity index (χ4v) is 2.53. The summed E-state index contributed by atoms with van der Waals surface area (Å²) < 4.78 is 5.39. The summed E-state index contributed by atoms with van der Waals surface area (Å²) in [5.41, 5.74) is 3.26. The van der Waals surface area contributed by atoms with Gasteiger partial charge in [-0.25, -0.2) is 0 Å². The summed E-state index contributed by atoms with van der Waals surface area (Å²) >= 11 is 0. The summed E-state index contributed by atoms with van der Waals surface area (Å²) in [6, 6.07) is 6.08. The van der Waals surface area contributed by atoms with Gasteiger partial charge >= 0.3 is 5.97 Å². The van der Waals surface area contributed by atoms with Gasteiger partial charge in [-0.05, 0) is 25.0 Å². The number of hydrogen-bond donors (Lipinski definition) is 1. The molecule has 5 nitrogen and oxygen atoms in total. The van der Waals surface area contributed by atoms with Crippen LogP contribution in [0, 0.1) is 13.8 Å². The number of ether oxygens (including phenoxy) is 1. The SMILES string of the molecule is Cc1ccc(C)c(CC(=O)N2CCOC(CC(=O)O)C2)c1. The number of rotatable bonds is 4. The van der Waals surface area contributed by atoms with Crippen molar-refractivity contribution in [2.45, 2.75) is 32.8 Å². The van der Waals surface area contributed by atoms with Crippen molar-refractivity contribution >= 4 is 11.9 Å². The van der Waals surface area contributed by atoms with Crippen LogP contribution in [0.25, 0.3) is 0 Å². The predicted molar refractivity (Wildman–Crippen MR) is 78.2 cm³/mol. The van der Waals surface area contributed by atoms with Crippen LogP contribution in [0.3, 0.4) is 0 Å². The highest BCUT2D eigenvalue weighted by molar-refractivity contribution is 5.79. The summed E-state index contributed by atoms with van der Waals surface area (Å²) in [5.74, 6) is -0.869. The number of carbonyl (C=O) groups is 2. The molecule has 1 aromatic rings. The van der Waals surface area contributed by atoms with Crippen LogP contribution in [0.5, 0.6) is 0 Å². The van der Waals surface area contributed by atoms with Crippen molar-refractivity contribution in [2.24, 2.45) is 0 Å². The van der Waals surface area contributed by atoms with Crippen molar-refractivity contribution < 1.29 is 19.4 Å². The average molecular weight is 291 g/mol. The van der Waals surface area contributed by atoms with Gasteiger partial charge in [0.15, 0.2) is 0 Å². The predicted octanol–water partition coefficient (Wildman–Crippen LogP) is 1.55. The Kier molecular flexibility index (Phi) is 4.96. The Morgan fingerprint density at radius 3 is 2.86 bits per heavy atom. The minimum Gasteiger partial charge on any atom is -0.481 e. The first-order chi connectivity index (χ1) is 9.95. The van der Waals surface area contributed by atoms with Gasteiger partial charge in [0.1, 0.15) is 0 Å². The van der Waals surface area contributed by atoms with Gasteiger partial charge in [0.2, 0.25) is 5.91 Å². The van der Waals surface area contributed by atoms with E-state index in [0.29, 0.717) is 26.1 Å². The van der Waals surface area contributed by atoms with E-state index >= 15 is 0 Å². The number of morpholine rings is 1. The van der Waals surface area contributed by atoms with E-state index in [9.17, 15) is 9.59 Å². The maximum Gasteiger partial charge on any atom is 0.306 e. The molecule has 1 N–H and O–H groups in total. The Labute approximate surface area is 124 Å². The Morgan fingerprint density at radius 2 is 2.14 bits per heavy atom. The van der Waals surface area contributed by atoms with Gasteiger partial charge in [-0.2, -0.15) is 0 Å². The van der Waals surface area contributed by atoms with Crippen molar-refractivity contribution in [1.29, 1.82) is 0 Å². The van der Waals surface area contributed by atoms with Gasteiger partial charge in [0.25, 0.3) is 0 Å². The maximum absolute atomic E-state index is 12.4. The van der Waals surface area contributed by atoms with Gasteiger partial charge < -0.3 is 14.7 Å². The van der Waals surface area contributed by atoms with Crippen LogP contribution in [0.2, 0.25) is 0 Å². The Hall–Kier alpha value is -1.88. The van der Waals surface area contributed by atoms with Crippen molar-refractivity contribution in [2.75, 3.05) is 19.7 Å². The van der Waals surface area contributed by atoms with Gasteiger partial charge in [0, 0.05) is 13.1 Å². The average Bonchev–Trinajstić information content (AvgIpc) is 2.42. The van der Waals surface area contributed by atoms with E-state index < -0.39 is 12.1 Å². The van der Waals surface area contributed by atoms with Crippen molar-refractivity contribution in [3.8, 4) is 0 Å². The zero-order chi connectivity index (χ0) is 15.4. The highest BCUT2D eigenvalue weighted by Crippen LogP contribution is 2.15. The molecule has 1 heterocycles. The molecule has 1 aliphatic rings. The quantitative estimate of drug-likeness (QED) is 0.914. The molecule has 21 heavy (non-hydrogen) atoms. The number of aryl methyl sites for hydroxylation is 2. The highest BCUT2D eigenvalue weighted by atomic mass is 16.5. The third-order valence-corrected chi connectivity index (χ3v) is 3.74. The first-order valence-electron chi connectivity index (χ1n) is 7.13. The molecule has 0 aromatic heterocycles. The summed E-state index contributed by atoms with van der Waals surface area (Å²) in [6.07, 6.45) is -0.112. The molecule has 0 aliphatic carbocycles. The van der Waals surface area contributed by atoms with Gasteiger partial charge in [-0.1, -0.05) is 23.8 Å². The smallest absolute Gasteiger partial charge is 0.306 e. The summed E-state index contributed by atoms with van der Waals surface area (Å²) in [7, 11) is 0. The van der Waals surface area contributed by atoms with E-state index in [1.54, 1.807) is 4.90 Å². The topological polar surface area (TPSA) is 66.8 Å². The number of hydrogen-bond acceptors (Lipinski definition) is 3. The Bertz CT molecular complexity index is 541. The molecule has 0 bridgehead atoms. The van der Waals surface area contributed by atoms with E-state index in [4.69, 9.17) is 9.84 Å². The van der Waals surface area contributed by atoms with E-state index in [0.717, 1.165) is 16.7 Å². The molecule has 1 fully saturated rings. The number of carbonyl (C=O) groups excluding carboxylic acids is 1. The molecule has 0 spiro atoms. The maximum atomic E-state index is 12.4. The second-order valence-corrected chi connectivity index (χ2v) is 5.54. The fraction of sp³-hybridized carbons (Fsp3) is 0.500. The molecular formula is C16H21NO4. The van der Waals surface area contributed by atoms with Crippen molar-refractivity contribution in [3.63, 3.8) is 0 Å². The molecular weight excluding hydrogens is 270 g/mol. The zero-order valence-corrected chi connectivity index (χ0v) is 12.5.